The number of hydrogen-bond acceptors (Lipinski definition) is 2. The summed E-state index contributed by atoms with van der Waals surface area (Å²) in [4.78, 5) is 2.58. The lowest BCUT2D eigenvalue weighted by molar-refractivity contribution is 0.706. The Kier molecular flexibility index (Phi) is 4.19. The van der Waals surface area contributed by atoms with Crippen molar-refractivity contribution in [1.29, 1.82) is 0 Å². The number of aromatic nitrogens is 2. The molecule has 1 aliphatic rings. The monoisotopic (exact) mass is 383 g/mol. The zero-order valence-corrected chi connectivity index (χ0v) is 14.4. The van der Waals surface area contributed by atoms with Crippen molar-refractivity contribution in [2.45, 2.75) is 39.5 Å². The third-order valence-electron chi connectivity index (χ3n) is 3.98. The number of aryl methyl sites for hydroxylation is 1. The first-order valence-corrected chi connectivity index (χ1v) is 8.73. The Morgan fingerprint density at radius 3 is 2.80 bits per heavy atom. The highest BCUT2D eigenvalue weighted by molar-refractivity contribution is 14.1. The maximum absolute atomic E-state index is 4.83. The van der Waals surface area contributed by atoms with E-state index in [-0.39, 0.29) is 0 Å². The molecule has 108 valence electrons. The minimum atomic E-state index is 0.906. The van der Waals surface area contributed by atoms with Gasteiger partial charge in [-0.3, -0.25) is 0 Å². The molecule has 2 heterocycles. The van der Waals surface area contributed by atoms with Gasteiger partial charge in [-0.25, -0.2) is 4.52 Å². The summed E-state index contributed by atoms with van der Waals surface area (Å²) in [7, 11) is 0. The molecule has 0 radical (unpaired) electrons. The number of rotatable bonds is 6. The second kappa shape index (κ2) is 5.92. The average Bonchev–Trinajstić information content (AvgIpc) is 3.17. The maximum Gasteiger partial charge on any atom is 0.103 e. The van der Waals surface area contributed by atoms with Crippen LogP contribution in [0.3, 0.4) is 0 Å². The topological polar surface area (TPSA) is 20.5 Å². The largest absolute Gasteiger partial charge is 0.368 e. The van der Waals surface area contributed by atoms with Gasteiger partial charge in [0.1, 0.15) is 3.70 Å². The second-order valence-corrected chi connectivity index (χ2v) is 6.79. The smallest absolute Gasteiger partial charge is 0.103 e. The fraction of sp³-hybridized carbons (Fsp3) is 0.562. The Morgan fingerprint density at radius 2 is 2.15 bits per heavy atom. The van der Waals surface area contributed by atoms with Crippen LogP contribution in [0.15, 0.2) is 18.2 Å². The van der Waals surface area contributed by atoms with Gasteiger partial charge in [0.2, 0.25) is 0 Å². The van der Waals surface area contributed by atoms with Crippen LogP contribution in [0.1, 0.15) is 38.8 Å². The molecule has 1 saturated carbocycles. The van der Waals surface area contributed by atoms with E-state index in [9.17, 15) is 0 Å². The van der Waals surface area contributed by atoms with Gasteiger partial charge in [0, 0.05) is 13.1 Å². The van der Waals surface area contributed by atoms with Gasteiger partial charge in [-0.05, 0) is 66.3 Å². The highest BCUT2D eigenvalue weighted by atomic mass is 127. The van der Waals surface area contributed by atoms with Gasteiger partial charge in [0.15, 0.2) is 0 Å². The zero-order chi connectivity index (χ0) is 14.1. The first-order chi connectivity index (χ1) is 9.74. The van der Waals surface area contributed by atoms with Crippen LogP contribution in [0.25, 0.3) is 5.52 Å². The van der Waals surface area contributed by atoms with Crippen LogP contribution in [-0.2, 0) is 6.42 Å². The lowest BCUT2D eigenvalue weighted by Gasteiger charge is -2.24. The number of pyridine rings is 1. The Bertz CT molecular complexity index is 601. The molecule has 0 spiro atoms. The quantitative estimate of drug-likeness (QED) is 0.553. The van der Waals surface area contributed by atoms with Crippen molar-refractivity contribution in [1.82, 2.24) is 9.61 Å². The van der Waals surface area contributed by atoms with Gasteiger partial charge in [-0.1, -0.05) is 19.9 Å². The molecule has 0 atom stereocenters. The highest BCUT2D eigenvalue weighted by Gasteiger charge is 2.27. The molecular weight excluding hydrogens is 361 g/mol. The molecule has 0 N–H and O–H groups in total. The van der Waals surface area contributed by atoms with Crippen LogP contribution >= 0.6 is 22.6 Å². The number of nitrogens with zero attached hydrogens (tertiary/aromatic N) is 3. The molecule has 3 nitrogen and oxygen atoms in total. The van der Waals surface area contributed by atoms with Crippen molar-refractivity contribution in [3.63, 3.8) is 0 Å². The average molecular weight is 383 g/mol. The van der Waals surface area contributed by atoms with E-state index in [1.165, 1.54) is 46.4 Å². The van der Waals surface area contributed by atoms with Crippen LogP contribution in [0.5, 0.6) is 0 Å². The summed E-state index contributed by atoms with van der Waals surface area (Å²) in [6.45, 7) is 6.81. The molecule has 4 heteroatoms. The highest BCUT2D eigenvalue weighted by Crippen LogP contribution is 2.35. The van der Waals surface area contributed by atoms with E-state index in [2.05, 4.69) is 64.1 Å². The van der Waals surface area contributed by atoms with Crippen LogP contribution < -0.4 is 4.90 Å². The van der Waals surface area contributed by atoms with E-state index in [1.54, 1.807) is 0 Å². The summed E-state index contributed by atoms with van der Waals surface area (Å²) in [6.07, 6.45) is 4.99. The van der Waals surface area contributed by atoms with E-state index in [1.807, 2.05) is 0 Å². The number of hydrogen-bond donors (Lipinski definition) is 0. The Morgan fingerprint density at radius 1 is 1.35 bits per heavy atom. The Hall–Kier alpha value is -0.780. The first kappa shape index (κ1) is 14.2. The van der Waals surface area contributed by atoms with E-state index in [0.717, 1.165) is 18.9 Å². The predicted octanol–water partition coefficient (Wildman–Crippen LogP) is 4.13. The van der Waals surface area contributed by atoms with Gasteiger partial charge in [-0.2, -0.15) is 5.10 Å². The molecule has 3 rings (SSSR count). The van der Waals surface area contributed by atoms with Crippen molar-refractivity contribution >= 4 is 33.8 Å². The van der Waals surface area contributed by atoms with E-state index in [0.29, 0.717) is 0 Å². The lowest BCUT2D eigenvalue weighted by Crippen LogP contribution is -2.27. The summed E-state index contributed by atoms with van der Waals surface area (Å²) in [6, 6.07) is 6.47. The maximum atomic E-state index is 4.83. The van der Waals surface area contributed by atoms with Gasteiger partial charge in [0.25, 0.3) is 0 Å². The second-order valence-electron chi connectivity index (χ2n) is 5.68. The number of halogens is 1. The van der Waals surface area contributed by atoms with Gasteiger partial charge < -0.3 is 4.90 Å². The lowest BCUT2D eigenvalue weighted by atomic mass is 10.2. The van der Waals surface area contributed by atoms with Crippen molar-refractivity contribution in [3.8, 4) is 0 Å². The first-order valence-electron chi connectivity index (χ1n) is 7.65. The van der Waals surface area contributed by atoms with Gasteiger partial charge in [-0.15, -0.1) is 0 Å². The van der Waals surface area contributed by atoms with Crippen LogP contribution in [0.2, 0.25) is 0 Å². The normalized spacial score (nSPS) is 14.9. The van der Waals surface area contributed by atoms with Crippen molar-refractivity contribution < 1.29 is 0 Å². The minimum Gasteiger partial charge on any atom is -0.368 e. The molecule has 20 heavy (non-hydrogen) atoms. The molecule has 1 fully saturated rings. The SMILES string of the molecule is CCCN(CC1CC1)c1c(CC)nn2c(I)cccc12. The summed E-state index contributed by atoms with van der Waals surface area (Å²) >= 11 is 2.37. The van der Waals surface area contributed by atoms with E-state index < -0.39 is 0 Å². The molecule has 2 aromatic rings. The van der Waals surface area contributed by atoms with Crippen LogP contribution in [-0.4, -0.2) is 22.7 Å². The fourth-order valence-corrected chi connectivity index (χ4v) is 3.41. The Balaban J connectivity index is 2.08. The molecule has 0 saturated heterocycles. The standard InChI is InChI=1S/C16H22IN3/c1-3-10-19(11-12-8-9-12)16-13(4-2)18-20-14(16)6-5-7-15(20)17/h5-7,12H,3-4,8-11H2,1-2H3. The minimum absolute atomic E-state index is 0.906. The van der Waals surface area contributed by atoms with Gasteiger partial charge >= 0.3 is 0 Å². The zero-order valence-electron chi connectivity index (χ0n) is 12.3. The van der Waals surface area contributed by atoms with Crippen molar-refractivity contribution in [2.75, 3.05) is 18.0 Å². The third kappa shape index (κ3) is 2.67. The molecule has 0 aromatic carbocycles. The molecule has 0 amide bonds. The van der Waals surface area contributed by atoms with Gasteiger partial charge in [0.05, 0.1) is 16.9 Å². The van der Waals surface area contributed by atoms with Crippen LogP contribution in [0.4, 0.5) is 5.69 Å². The molecule has 0 aliphatic heterocycles. The fourth-order valence-electron chi connectivity index (χ4n) is 2.83. The molecule has 2 aromatic heterocycles. The summed E-state index contributed by atoms with van der Waals surface area (Å²) < 4.78 is 3.29. The molecule has 0 unspecified atom stereocenters. The van der Waals surface area contributed by atoms with Crippen molar-refractivity contribution in [2.24, 2.45) is 5.92 Å². The Labute approximate surface area is 134 Å². The summed E-state index contributed by atoms with van der Waals surface area (Å²) in [5.74, 6) is 0.906. The molecule has 1 aliphatic carbocycles. The van der Waals surface area contributed by atoms with E-state index in [4.69, 9.17) is 5.10 Å². The van der Waals surface area contributed by atoms with Crippen LogP contribution in [0, 0.1) is 9.62 Å². The number of anilines is 1. The van der Waals surface area contributed by atoms with E-state index >= 15 is 0 Å². The van der Waals surface area contributed by atoms with Crippen molar-refractivity contribution in [3.05, 3.63) is 27.6 Å². The number of fused-ring (bicyclic) bond motifs is 1. The summed E-state index contributed by atoms with van der Waals surface area (Å²) in [5.41, 5.74) is 3.88. The predicted molar refractivity (Wildman–Crippen MR) is 92.5 cm³/mol. The summed E-state index contributed by atoms with van der Waals surface area (Å²) in [5, 5.41) is 4.83. The molecular formula is C16H22IN3. The third-order valence-corrected chi connectivity index (χ3v) is 4.79. The molecule has 0 bridgehead atoms.